The number of likely N-dealkylation sites (tertiary alicyclic amines) is 1. The van der Waals surface area contributed by atoms with Crippen LogP contribution < -0.4 is 5.73 Å². The van der Waals surface area contributed by atoms with Crippen molar-refractivity contribution in [2.24, 2.45) is 11.7 Å². The standard InChI is InChI=1S/C7H14N2O2S/c8-1-6-2-9(3-6)7-4-12(10,11)5-7/h6-7H,1-5,8H2. The SMILES string of the molecule is NCC1CN(C2CS(=O)(=O)C2)C1. The quantitative estimate of drug-likeness (QED) is 0.586. The van der Waals surface area contributed by atoms with Gasteiger partial charge in [0, 0.05) is 19.1 Å². The van der Waals surface area contributed by atoms with E-state index in [2.05, 4.69) is 4.90 Å². The zero-order chi connectivity index (χ0) is 8.77. The number of sulfone groups is 1. The molecule has 0 aromatic rings. The molecular formula is C7H14N2O2S. The lowest BCUT2D eigenvalue weighted by molar-refractivity contribution is 0.0694. The molecule has 0 amide bonds. The van der Waals surface area contributed by atoms with E-state index in [1.807, 2.05) is 0 Å². The van der Waals surface area contributed by atoms with Gasteiger partial charge < -0.3 is 5.73 Å². The first-order valence-electron chi connectivity index (χ1n) is 4.25. The number of rotatable bonds is 2. The molecule has 0 bridgehead atoms. The molecule has 4 nitrogen and oxygen atoms in total. The molecule has 0 radical (unpaired) electrons. The average Bonchev–Trinajstić information content (AvgIpc) is 1.81. The largest absolute Gasteiger partial charge is 0.330 e. The Morgan fingerprint density at radius 1 is 1.33 bits per heavy atom. The van der Waals surface area contributed by atoms with Crippen LogP contribution in [0.2, 0.25) is 0 Å². The Kier molecular flexibility index (Phi) is 1.89. The van der Waals surface area contributed by atoms with E-state index in [-0.39, 0.29) is 0 Å². The van der Waals surface area contributed by atoms with Crippen LogP contribution in [0.5, 0.6) is 0 Å². The first-order chi connectivity index (χ1) is 5.61. The Labute approximate surface area is 72.6 Å². The highest BCUT2D eigenvalue weighted by Gasteiger charge is 2.42. The van der Waals surface area contributed by atoms with Crippen LogP contribution in [0.15, 0.2) is 0 Å². The Hall–Kier alpha value is -0.130. The fourth-order valence-corrected chi connectivity index (χ4v) is 3.30. The second-order valence-electron chi connectivity index (χ2n) is 3.79. The van der Waals surface area contributed by atoms with Gasteiger partial charge in [-0.2, -0.15) is 0 Å². The molecule has 0 aromatic carbocycles. The first-order valence-corrected chi connectivity index (χ1v) is 6.07. The van der Waals surface area contributed by atoms with E-state index in [0.29, 0.717) is 23.5 Å². The highest BCUT2D eigenvalue weighted by Crippen LogP contribution is 2.24. The summed E-state index contributed by atoms with van der Waals surface area (Å²) in [6, 6.07) is 0.304. The Bertz CT molecular complexity index is 257. The summed E-state index contributed by atoms with van der Waals surface area (Å²) in [6.45, 7) is 2.73. The molecule has 2 heterocycles. The fourth-order valence-electron chi connectivity index (χ4n) is 1.81. The molecule has 5 heteroatoms. The Morgan fingerprint density at radius 2 is 1.92 bits per heavy atom. The van der Waals surface area contributed by atoms with Crippen LogP contribution in [-0.4, -0.2) is 50.5 Å². The minimum Gasteiger partial charge on any atom is -0.330 e. The van der Waals surface area contributed by atoms with Gasteiger partial charge in [0.15, 0.2) is 9.84 Å². The molecule has 2 aliphatic heterocycles. The Balaban J connectivity index is 1.78. The van der Waals surface area contributed by atoms with E-state index >= 15 is 0 Å². The molecule has 2 saturated heterocycles. The van der Waals surface area contributed by atoms with Crippen molar-refractivity contribution in [1.82, 2.24) is 4.90 Å². The first kappa shape index (κ1) is 8.47. The lowest BCUT2D eigenvalue weighted by atomic mass is 9.98. The number of nitrogens with two attached hydrogens (primary N) is 1. The summed E-state index contributed by atoms with van der Waals surface area (Å²) < 4.78 is 21.7. The van der Waals surface area contributed by atoms with Crippen molar-refractivity contribution in [2.75, 3.05) is 31.1 Å². The lowest BCUT2D eigenvalue weighted by Gasteiger charge is -2.47. The van der Waals surface area contributed by atoms with Gasteiger partial charge in [0.05, 0.1) is 11.5 Å². The third-order valence-corrected chi connectivity index (χ3v) is 4.51. The van der Waals surface area contributed by atoms with Crippen molar-refractivity contribution in [3.05, 3.63) is 0 Å². The normalized spacial score (nSPS) is 31.1. The molecule has 0 aliphatic carbocycles. The summed E-state index contributed by atoms with van der Waals surface area (Å²) in [6.07, 6.45) is 0. The molecule has 0 atom stereocenters. The van der Waals surface area contributed by atoms with E-state index in [1.54, 1.807) is 0 Å². The molecule has 2 aliphatic rings. The van der Waals surface area contributed by atoms with Crippen molar-refractivity contribution < 1.29 is 8.42 Å². The number of hydrogen-bond acceptors (Lipinski definition) is 4. The average molecular weight is 190 g/mol. The molecule has 2 N–H and O–H groups in total. The van der Waals surface area contributed by atoms with Crippen LogP contribution in [0.25, 0.3) is 0 Å². The van der Waals surface area contributed by atoms with Gasteiger partial charge in [0.2, 0.25) is 0 Å². The summed E-state index contributed by atoms with van der Waals surface area (Å²) in [5, 5.41) is 0. The molecule has 70 valence electrons. The van der Waals surface area contributed by atoms with Gasteiger partial charge in [0.25, 0.3) is 0 Å². The van der Waals surface area contributed by atoms with Crippen molar-refractivity contribution >= 4 is 9.84 Å². The third kappa shape index (κ3) is 1.36. The highest BCUT2D eigenvalue weighted by molar-refractivity contribution is 7.92. The summed E-state index contributed by atoms with van der Waals surface area (Å²) in [4.78, 5) is 2.22. The predicted octanol–water partition coefficient (Wildman–Crippen LogP) is -1.33. The van der Waals surface area contributed by atoms with E-state index in [4.69, 9.17) is 5.73 Å². The topological polar surface area (TPSA) is 63.4 Å². The molecule has 0 aromatic heterocycles. The number of nitrogens with zero attached hydrogens (tertiary/aromatic N) is 1. The maximum atomic E-state index is 10.8. The summed E-state index contributed by atoms with van der Waals surface area (Å²) in [5.41, 5.74) is 5.46. The predicted molar refractivity (Wildman–Crippen MR) is 46.6 cm³/mol. The molecule has 2 fully saturated rings. The summed E-state index contributed by atoms with van der Waals surface area (Å²) in [7, 11) is -2.65. The van der Waals surface area contributed by atoms with Crippen molar-refractivity contribution in [1.29, 1.82) is 0 Å². The Morgan fingerprint density at radius 3 is 2.33 bits per heavy atom. The second kappa shape index (κ2) is 2.68. The molecule has 0 spiro atoms. The molecule has 12 heavy (non-hydrogen) atoms. The van der Waals surface area contributed by atoms with Crippen LogP contribution in [-0.2, 0) is 9.84 Å². The second-order valence-corrected chi connectivity index (χ2v) is 5.94. The van der Waals surface area contributed by atoms with Gasteiger partial charge in [-0.05, 0) is 12.5 Å². The van der Waals surface area contributed by atoms with Gasteiger partial charge >= 0.3 is 0 Å². The summed E-state index contributed by atoms with van der Waals surface area (Å²) in [5.74, 6) is 1.34. The van der Waals surface area contributed by atoms with Gasteiger partial charge in [-0.3, -0.25) is 4.90 Å². The fraction of sp³-hybridized carbons (Fsp3) is 1.00. The zero-order valence-electron chi connectivity index (χ0n) is 6.94. The lowest BCUT2D eigenvalue weighted by Crippen LogP contribution is -2.62. The van der Waals surface area contributed by atoms with Crippen molar-refractivity contribution in [3.8, 4) is 0 Å². The van der Waals surface area contributed by atoms with Crippen LogP contribution in [0, 0.1) is 5.92 Å². The van der Waals surface area contributed by atoms with E-state index < -0.39 is 9.84 Å². The molecule has 2 rings (SSSR count). The van der Waals surface area contributed by atoms with Gasteiger partial charge in [-0.25, -0.2) is 8.42 Å². The minimum absolute atomic E-state index is 0.304. The maximum Gasteiger partial charge on any atom is 0.153 e. The van der Waals surface area contributed by atoms with E-state index in [1.165, 1.54) is 0 Å². The van der Waals surface area contributed by atoms with E-state index in [0.717, 1.165) is 19.6 Å². The van der Waals surface area contributed by atoms with Gasteiger partial charge in [-0.1, -0.05) is 0 Å². The van der Waals surface area contributed by atoms with Crippen LogP contribution in [0.4, 0.5) is 0 Å². The molecular weight excluding hydrogens is 176 g/mol. The molecule has 0 saturated carbocycles. The number of hydrogen-bond donors (Lipinski definition) is 1. The van der Waals surface area contributed by atoms with Gasteiger partial charge in [0.1, 0.15) is 0 Å². The van der Waals surface area contributed by atoms with Crippen LogP contribution in [0.1, 0.15) is 0 Å². The van der Waals surface area contributed by atoms with Crippen LogP contribution in [0.3, 0.4) is 0 Å². The van der Waals surface area contributed by atoms with Crippen molar-refractivity contribution in [2.45, 2.75) is 6.04 Å². The maximum absolute atomic E-state index is 10.8. The molecule has 0 unspecified atom stereocenters. The van der Waals surface area contributed by atoms with Gasteiger partial charge in [-0.15, -0.1) is 0 Å². The summed E-state index contributed by atoms with van der Waals surface area (Å²) >= 11 is 0. The third-order valence-electron chi connectivity index (χ3n) is 2.73. The highest BCUT2D eigenvalue weighted by atomic mass is 32.2. The monoisotopic (exact) mass is 190 g/mol. The smallest absolute Gasteiger partial charge is 0.153 e. The minimum atomic E-state index is -2.65. The zero-order valence-corrected chi connectivity index (χ0v) is 7.76. The van der Waals surface area contributed by atoms with E-state index in [9.17, 15) is 8.42 Å². The van der Waals surface area contributed by atoms with Crippen molar-refractivity contribution in [3.63, 3.8) is 0 Å². The van der Waals surface area contributed by atoms with Crippen LogP contribution >= 0.6 is 0 Å².